The predicted molar refractivity (Wildman–Crippen MR) is 83.8 cm³/mol. The topological polar surface area (TPSA) is 81.4 Å². The van der Waals surface area contributed by atoms with Crippen LogP contribution in [-0.2, 0) is 10.0 Å². The second-order valence-electron chi connectivity index (χ2n) is 5.16. The van der Waals surface area contributed by atoms with Crippen molar-refractivity contribution in [2.75, 3.05) is 19.4 Å². The fourth-order valence-electron chi connectivity index (χ4n) is 2.45. The number of anilines is 1. The predicted octanol–water partition coefficient (Wildman–Crippen LogP) is 2.45. The van der Waals surface area contributed by atoms with Crippen molar-refractivity contribution in [1.29, 1.82) is 0 Å². The monoisotopic (exact) mass is 310 g/mol. The Kier molecular flexibility index (Phi) is 5.25. The number of allylic oxidation sites excluding steroid dienone is 1. The second-order valence-corrected chi connectivity index (χ2v) is 6.90. The molecule has 0 atom stereocenters. The SMILES string of the molecule is COc1ccc(S(=O)(=O)NCCC2=CCCCC2)c(N)c1. The van der Waals surface area contributed by atoms with Gasteiger partial charge in [0, 0.05) is 12.6 Å². The first-order valence-corrected chi connectivity index (χ1v) is 8.62. The van der Waals surface area contributed by atoms with Gasteiger partial charge in [-0.25, -0.2) is 13.1 Å². The summed E-state index contributed by atoms with van der Waals surface area (Å²) in [6.07, 6.45) is 7.59. The van der Waals surface area contributed by atoms with Crippen LogP contribution in [0, 0.1) is 0 Å². The van der Waals surface area contributed by atoms with E-state index in [4.69, 9.17) is 10.5 Å². The number of hydrogen-bond donors (Lipinski definition) is 2. The first-order chi connectivity index (χ1) is 10.0. The molecule has 0 aromatic heterocycles. The summed E-state index contributed by atoms with van der Waals surface area (Å²) in [5.74, 6) is 0.541. The molecule has 6 heteroatoms. The molecule has 0 saturated carbocycles. The number of nitrogens with two attached hydrogens (primary N) is 1. The van der Waals surface area contributed by atoms with Gasteiger partial charge in [-0.1, -0.05) is 11.6 Å². The molecular formula is C15H22N2O3S. The van der Waals surface area contributed by atoms with E-state index in [2.05, 4.69) is 10.8 Å². The summed E-state index contributed by atoms with van der Waals surface area (Å²) in [7, 11) is -2.06. The highest BCUT2D eigenvalue weighted by molar-refractivity contribution is 7.89. The lowest BCUT2D eigenvalue weighted by Gasteiger charge is -2.14. The molecule has 5 nitrogen and oxygen atoms in total. The van der Waals surface area contributed by atoms with E-state index >= 15 is 0 Å². The van der Waals surface area contributed by atoms with Crippen LogP contribution in [0.1, 0.15) is 32.1 Å². The van der Waals surface area contributed by atoms with E-state index < -0.39 is 10.0 Å². The molecule has 0 saturated heterocycles. The number of hydrogen-bond acceptors (Lipinski definition) is 4. The number of nitrogen functional groups attached to an aromatic ring is 1. The van der Waals surface area contributed by atoms with Crippen LogP contribution < -0.4 is 15.2 Å². The van der Waals surface area contributed by atoms with Crippen molar-refractivity contribution in [1.82, 2.24) is 4.72 Å². The number of rotatable bonds is 6. The number of nitrogens with one attached hydrogen (secondary N) is 1. The fourth-order valence-corrected chi connectivity index (χ4v) is 3.60. The highest BCUT2D eigenvalue weighted by Gasteiger charge is 2.17. The third-order valence-corrected chi connectivity index (χ3v) is 5.16. The Bertz CT molecular complexity index is 624. The van der Waals surface area contributed by atoms with Gasteiger partial charge < -0.3 is 10.5 Å². The molecular weight excluding hydrogens is 288 g/mol. The van der Waals surface area contributed by atoms with Gasteiger partial charge in [-0.05, 0) is 44.2 Å². The van der Waals surface area contributed by atoms with E-state index in [1.54, 1.807) is 6.07 Å². The van der Waals surface area contributed by atoms with Crippen molar-refractivity contribution in [2.45, 2.75) is 37.0 Å². The van der Waals surface area contributed by atoms with Gasteiger partial charge in [-0.2, -0.15) is 0 Å². The zero-order chi connectivity index (χ0) is 15.3. The molecule has 3 N–H and O–H groups in total. The molecule has 2 rings (SSSR count). The van der Waals surface area contributed by atoms with Crippen LogP contribution in [0.25, 0.3) is 0 Å². The number of sulfonamides is 1. The standard InChI is InChI=1S/C15H22N2O3S/c1-20-13-7-8-15(14(16)11-13)21(18,19)17-10-9-12-5-3-2-4-6-12/h5,7-8,11,17H,2-4,6,9-10,16H2,1H3. The van der Waals surface area contributed by atoms with E-state index in [-0.39, 0.29) is 10.6 Å². The maximum Gasteiger partial charge on any atom is 0.242 e. The maximum atomic E-state index is 12.2. The summed E-state index contributed by atoms with van der Waals surface area (Å²) in [5, 5.41) is 0. The number of ether oxygens (including phenoxy) is 1. The van der Waals surface area contributed by atoms with Gasteiger partial charge in [0.25, 0.3) is 0 Å². The van der Waals surface area contributed by atoms with Crippen LogP contribution in [0.4, 0.5) is 5.69 Å². The van der Waals surface area contributed by atoms with Crippen LogP contribution in [-0.4, -0.2) is 22.1 Å². The van der Waals surface area contributed by atoms with Crippen molar-refractivity contribution >= 4 is 15.7 Å². The fraction of sp³-hybridized carbons (Fsp3) is 0.467. The Morgan fingerprint density at radius 3 is 2.76 bits per heavy atom. The highest BCUT2D eigenvalue weighted by atomic mass is 32.2. The Balaban J connectivity index is 1.99. The average molecular weight is 310 g/mol. The van der Waals surface area contributed by atoms with Crippen LogP contribution in [0.15, 0.2) is 34.7 Å². The van der Waals surface area contributed by atoms with Gasteiger partial charge in [0.05, 0.1) is 12.8 Å². The van der Waals surface area contributed by atoms with Crippen LogP contribution in [0.2, 0.25) is 0 Å². The van der Waals surface area contributed by atoms with Crippen LogP contribution >= 0.6 is 0 Å². The zero-order valence-corrected chi connectivity index (χ0v) is 13.1. The van der Waals surface area contributed by atoms with Gasteiger partial charge in [0.1, 0.15) is 10.6 Å². The summed E-state index contributed by atoms with van der Waals surface area (Å²) >= 11 is 0. The minimum absolute atomic E-state index is 0.0981. The van der Waals surface area contributed by atoms with E-state index in [0.29, 0.717) is 12.3 Å². The van der Waals surface area contributed by atoms with Crippen LogP contribution in [0.3, 0.4) is 0 Å². The van der Waals surface area contributed by atoms with Gasteiger partial charge >= 0.3 is 0 Å². The van der Waals surface area contributed by atoms with Crippen molar-refractivity contribution in [2.24, 2.45) is 0 Å². The maximum absolute atomic E-state index is 12.2. The molecule has 1 aromatic carbocycles. The molecule has 0 amide bonds. The largest absolute Gasteiger partial charge is 0.497 e. The number of benzene rings is 1. The van der Waals surface area contributed by atoms with Gasteiger partial charge in [-0.3, -0.25) is 0 Å². The minimum Gasteiger partial charge on any atom is -0.497 e. The van der Waals surface area contributed by atoms with E-state index in [1.807, 2.05) is 0 Å². The third-order valence-electron chi connectivity index (χ3n) is 3.63. The van der Waals surface area contributed by atoms with Gasteiger partial charge in [0.2, 0.25) is 10.0 Å². The summed E-state index contributed by atoms with van der Waals surface area (Å²) in [5.41, 5.74) is 7.32. The lowest BCUT2D eigenvalue weighted by atomic mass is 9.97. The molecule has 116 valence electrons. The Morgan fingerprint density at radius 2 is 2.14 bits per heavy atom. The molecule has 0 bridgehead atoms. The molecule has 0 aliphatic heterocycles. The average Bonchev–Trinajstić information content (AvgIpc) is 2.47. The second kappa shape index (κ2) is 6.95. The molecule has 1 aromatic rings. The summed E-state index contributed by atoms with van der Waals surface area (Å²) < 4.78 is 32.1. The first-order valence-electron chi connectivity index (χ1n) is 7.14. The van der Waals surface area contributed by atoms with Crippen molar-refractivity contribution < 1.29 is 13.2 Å². The zero-order valence-electron chi connectivity index (χ0n) is 12.3. The van der Waals surface area contributed by atoms with Crippen LogP contribution in [0.5, 0.6) is 5.75 Å². The molecule has 0 radical (unpaired) electrons. The highest BCUT2D eigenvalue weighted by Crippen LogP contribution is 2.24. The molecule has 1 aliphatic carbocycles. The lowest BCUT2D eigenvalue weighted by Crippen LogP contribution is -2.26. The first kappa shape index (κ1) is 15.9. The lowest BCUT2D eigenvalue weighted by molar-refractivity contribution is 0.414. The van der Waals surface area contributed by atoms with Crippen molar-refractivity contribution in [3.05, 3.63) is 29.8 Å². The Hall–Kier alpha value is -1.53. The molecule has 0 spiro atoms. The third kappa shape index (κ3) is 4.22. The molecule has 21 heavy (non-hydrogen) atoms. The summed E-state index contributed by atoms with van der Waals surface area (Å²) in [6, 6.07) is 4.57. The van der Waals surface area contributed by atoms with Crippen molar-refractivity contribution in [3.63, 3.8) is 0 Å². The summed E-state index contributed by atoms with van der Waals surface area (Å²) in [6.45, 7) is 0.402. The summed E-state index contributed by atoms with van der Waals surface area (Å²) in [4.78, 5) is 0.0981. The van der Waals surface area contributed by atoms with E-state index in [9.17, 15) is 8.42 Å². The minimum atomic E-state index is -3.57. The molecule has 0 fully saturated rings. The Morgan fingerprint density at radius 1 is 1.33 bits per heavy atom. The van der Waals surface area contributed by atoms with Gasteiger partial charge in [0.15, 0.2) is 0 Å². The quantitative estimate of drug-likeness (QED) is 0.624. The normalized spacial score (nSPS) is 15.6. The van der Waals surface area contributed by atoms with E-state index in [0.717, 1.165) is 19.3 Å². The molecule has 1 aliphatic rings. The van der Waals surface area contributed by atoms with E-state index in [1.165, 1.54) is 37.7 Å². The van der Waals surface area contributed by atoms with Crippen molar-refractivity contribution in [3.8, 4) is 5.75 Å². The molecule has 0 heterocycles. The number of methoxy groups -OCH3 is 1. The smallest absolute Gasteiger partial charge is 0.242 e. The Labute approximate surface area is 126 Å². The molecule has 0 unspecified atom stereocenters. The van der Waals surface area contributed by atoms with Gasteiger partial charge in [-0.15, -0.1) is 0 Å².